The molecule has 1 saturated heterocycles. The topological polar surface area (TPSA) is 106 Å². The van der Waals surface area contributed by atoms with Crippen LogP contribution in [0.25, 0.3) is 0 Å². The van der Waals surface area contributed by atoms with Gasteiger partial charge in [0.1, 0.15) is 0 Å². The third kappa shape index (κ3) is 2.85. The van der Waals surface area contributed by atoms with Crippen molar-refractivity contribution in [3.63, 3.8) is 0 Å². The zero-order valence-electron chi connectivity index (χ0n) is 11.4. The molecule has 20 heavy (non-hydrogen) atoms. The van der Waals surface area contributed by atoms with Crippen molar-refractivity contribution in [1.82, 2.24) is 19.3 Å². The van der Waals surface area contributed by atoms with E-state index in [0.29, 0.717) is 38.0 Å². The molecule has 1 atom stereocenters. The Balaban J connectivity index is 1.62. The summed E-state index contributed by atoms with van der Waals surface area (Å²) < 4.78 is 29.1. The van der Waals surface area contributed by atoms with Crippen molar-refractivity contribution < 1.29 is 12.9 Å². The molecule has 0 bridgehead atoms. The summed E-state index contributed by atoms with van der Waals surface area (Å²) in [6, 6.07) is -0.00220. The Morgan fingerprint density at radius 1 is 1.30 bits per heavy atom. The van der Waals surface area contributed by atoms with E-state index in [1.165, 1.54) is 4.31 Å². The van der Waals surface area contributed by atoms with Gasteiger partial charge in [0, 0.05) is 32.1 Å². The fraction of sp³-hybridized carbons (Fsp3) is 0.818. The van der Waals surface area contributed by atoms with Crippen LogP contribution in [-0.4, -0.2) is 53.9 Å². The van der Waals surface area contributed by atoms with Gasteiger partial charge in [-0.3, -0.25) is 4.90 Å². The summed E-state index contributed by atoms with van der Waals surface area (Å²) in [4.78, 5) is 6.57. The summed E-state index contributed by atoms with van der Waals surface area (Å²) >= 11 is 0. The summed E-state index contributed by atoms with van der Waals surface area (Å²) in [5, 5.41) is 9.13. The highest BCUT2D eigenvalue weighted by molar-refractivity contribution is 7.86. The highest BCUT2D eigenvalue weighted by atomic mass is 32.2. The molecule has 8 nitrogen and oxygen atoms in total. The minimum atomic E-state index is -3.58. The standard InChI is InChI=1S/C11H19N5O3S/c1-8(11-13-10(14-19-11)9-2-3-9)15-4-6-16(7-5-15)20(12,17)18/h8-9H,2-7H2,1H3,(H2,12,17,18). The van der Waals surface area contributed by atoms with Crippen LogP contribution in [-0.2, 0) is 10.2 Å². The van der Waals surface area contributed by atoms with Gasteiger partial charge in [-0.05, 0) is 19.8 Å². The molecule has 1 aliphatic heterocycles. The first-order valence-electron chi connectivity index (χ1n) is 6.80. The predicted octanol–water partition coefficient (Wildman–Crippen LogP) is -0.171. The number of nitrogens with zero attached hydrogens (tertiary/aromatic N) is 4. The second-order valence-corrected chi connectivity index (χ2v) is 6.97. The van der Waals surface area contributed by atoms with Gasteiger partial charge in [-0.25, -0.2) is 5.14 Å². The van der Waals surface area contributed by atoms with E-state index in [2.05, 4.69) is 15.0 Å². The smallest absolute Gasteiger partial charge is 0.276 e. The summed E-state index contributed by atoms with van der Waals surface area (Å²) in [5.41, 5.74) is 0. The van der Waals surface area contributed by atoms with Crippen LogP contribution < -0.4 is 5.14 Å². The molecule has 1 aliphatic carbocycles. The molecule has 0 spiro atoms. The largest absolute Gasteiger partial charge is 0.338 e. The van der Waals surface area contributed by atoms with E-state index >= 15 is 0 Å². The Morgan fingerprint density at radius 2 is 1.95 bits per heavy atom. The normalized spacial score (nSPS) is 23.9. The van der Waals surface area contributed by atoms with Gasteiger partial charge in [-0.15, -0.1) is 0 Å². The Hall–Kier alpha value is -1.03. The van der Waals surface area contributed by atoms with Crippen LogP contribution in [0.5, 0.6) is 0 Å². The van der Waals surface area contributed by atoms with E-state index in [9.17, 15) is 8.42 Å². The van der Waals surface area contributed by atoms with Crippen LogP contribution in [0.1, 0.15) is 43.4 Å². The summed E-state index contributed by atoms with van der Waals surface area (Å²) in [7, 11) is -3.58. The molecular formula is C11H19N5O3S. The van der Waals surface area contributed by atoms with Gasteiger partial charge in [-0.2, -0.15) is 17.7 Å². The second-order valence-electron chi connectivity index (χ2n) is 5.42. The number of aromatic nitrogens is 2. The molecule has 2 fully saturated rings. The molecule has 2 aliphatic rings. The molecular weight excluding hydrogens is 282 g/mol. The molecule has 0 radical (unpaired) electrons. The zero-order chi connectivity index (χ0) is 14.3. The van der Waals surface area contributed by atoms with Gasteiger partial charge in [-0.1, -0.05) is 5.16 Å². The van der Waals surface area contributed by atoms with Crippen molar-refractivity contribution in [3.8, 4) is 0 Å². The van der Waals surface area contributed by atoms with Gasteiger partial charge < -0.3 is 4.52 Å². The summed E-state index contributed by atoms with van der Waals surface area (Å²) in [6.07, 6.45) is 2.28. The lowest BCUT2D eigenvalue weighted by molar-refractivity contribution is 0.124. The maximum Gasteiger partial charge on any atom is 0.276 e. The first kappa shape index (κ1) is 13.9. The van der Waals surface area contributed by atoms with Crippen molar-refractivity contribution >= 4 is 10.2 Å². The van der Waals surface area contributed by atoms with Crippen LogP contribution in [0.3, 0.4) is 0 Å². The monoisotopic (exact) mass is 301 g/mol. The molecule has 0 amide bonds. The average molecular weight is 301 g/mol. The van der Waals surface area contributed by atoms with Gasteiger partial charge in [0.2, 0.25) is 5.89 Å². The lowest BCUT2D eigenvalue weighted by atomic mass is 10.2. The van der Waals surface area contributed by atoms with Gasteiger partial charge >= 0.3 is 0 Å². The Labute approximate surface area is 118 Å². The highest BCUT2D eigenvalue weighted by Crippen LogP contribution is 2.38. The summed E-state index contributed by atoms with van der Waals surface area (Å²) in [5.74, 6) is 1.88. The molecule has 1 aromatic heterocycles. The predicted molar refractivity (Wildman–Crippen MR) is 70.9 cm³/mol. The minimum Gasteiger partial charge on any atom is -0.338 e. The molecule has 1 unspecified atom stereocenters. The quantitative estimate of drug-likeness (QED) is 0.827. The van der Waals surface area contributed by atoms with E-state index in [1.807, 2.05) is 6.92 Å². The van der Waals surface area contributed by atoms with E-state index in [1.54, 1.807) is 0 Å². The van der Waals surface area contributed by atoms with E-state index in [4.69, 9.17) is 9.66 Å². The van der Waals surface area contributed by atoms with E-state index < -0.39 is 10.2 Å². The molecule has 2 N–H and O–H groups in total. The van der Waals surface area contributed by atoms with Gasteiger partial charge in [0.05, 0.1) is 6.04 Å². The minimum absolute atomic E-state index is 0.00220. The third-order valence-corrected chi connectivity index (χ3v) is 5.02. The van der Waals surface area contributed by atoms with Gasteiger partial charge in [0.15, 0.2) is 5.82 Å². The second kappa shape index (κ2) is 5.06. The van der Waals surface area contributed by atoms with Crippen LogP contribution >= 0.6 is 0 Å². The molecule has 3 rings (SSSR count). The number of nitrogens with two attached hydrogens (primary N) is 1. The van der Waals surface area contributed by atoms with Crippen LogP contribution in [0.15, 0.2) is 4.52 Å². The molecule has 112 valence electrons. The van der Waals surface area contributed by atoms with E-state index in [0.717, 1.165) is 18.7 Å². The Kier molecular flexibility index (Phi) is 3.53. The third-order valence-electron chi connectivity index (χ3n) is 3.94. The fourth-order valence-electron chi connectivity index (χ4n) is 2.43. The number of rotatable bonds is 4. The van der Waals surface area contributed by atoms with Crippen molar-refractivity contribution in [1.29, 1.82) is 0 Å². The van der Waals surface area contributed by atoms with Crippen LogP contribution in [0.4, 0.5) is 0 Å². The lowest BCUT2D eigenvalue weighted by Crippen LogP contribution is -2.51. The fourth-order valence-corrected chi connectivity index (χ4v) is 3.10. The molecule has 2 heterocycles. The van der Waals surface area contributed by atoms with E-state index in [-0.39, 0.29) is 6.04 Å². The lowest BCUT2D eigenvalue weighted by Gasteiger charge is -2.35. The molecule has 0 aromatic carbocycles. The van der Waals surface area contributed by atoms with Crippen LogP contribution in [0, 0.1) is 0 Å². The molecule has 1 aromatic rings. The van der Waals surface area contributed by atoms with Crippen molar-refractivity contribution in [2.45, 2.75) is 31.7 Å². The van der Waals surface area contributed by atoms with Crippen molar-refractivity contribution in [3.05, 3.63) is 11.7 Å². The zero-order valence-corrected chi connectivity index (χ0v) is 12.2. The molecule has 1 saturated carbocycles. The highest BCUT2D eigenvalue weighted by Gasteiger charge is 2.32. The summed E-state index contributed by atoms with van der Waals surface area (Å²) in [6.45, 7) is 4.01. The SMILES string of the molecule is CC(c1nc(C2CC2)no1)N1CCN(S(N)(=O)=O)CC1. The number of hydrogen-bond donors (Lipinski definition) is 1. The Morgan fingerprint density at radius 3 is 2.50 bits per heavy atom. The number of hydrogen-bond acceptors (Lipinski definition) is 6. The molecule has 9 heteroatoms. The van der Waals surface area contributed by atoms with Crippen LogP contribution in [0.2, 0.25) is 0 Å². The maximum absolute atomic E-state index is 11.3. The first-order chi connectivity index (χ1) is 9.45. The Bertz CT molecular complexity index is 575. The first-order valence-corrected chi connectivity index (χ1v) is 8.31. The van der Waals surface area contributed by atoms with Crippen molar-refractivity contribution in [2.24, 2.45) is 5.14 Å². The number of piperazine rings is 1. The van der Waals surface area contributed by atoms with Gasteiger partial charge in [0.25, 0.3) is 10.2 Å². The average Bonchev–Trinajstić information content (AvgIpc) is 3.15. The van der Waals surface area contributed by atoms with Crippen molar-refractivity contribution in [2.75, 3.05) is 26.2 Å². The maximum atomic E-state index is 11.3.